The summed E-state index contributed by atoms with van der Waals surface area (Å²) in [6.45, 7) is 4.00. The van der Waals surface area contributed by atoms with Gasteiger partial charge in [0, 0.05) is 44.5 Å². The number of rotatable bonds is 3. The molecule has 1 amide bonds. The summed E-state index contributed by atoms with van der Waals surface area (Å²) in [5.74, 6) is 0.235. The number of aromatic nitrogens is 1. The number of aliphatic hydroxyl groups excluding tert-OH is 1. The molecule has 6 nitrogen and oxygen atoms in total. The summed E-state index contributed by atoms with van der Waals surface area (Å²) in [5, 5.41) is 9.45. The largest absolute Gasteiger partial charge is 0.393 e. The third kappa shape index (κ3) is 3.18. The quantitative estimate of drug-likeness (QED) is 0.881. The van der Waals surface area contributed by atoms with E-state index in [1.807, 2.05) is 17.2 Å². The molecule has 4 rings (SSSR count). The molecular formula is C18H25N3O3. The molecule has 3 heterocycles. The van der Waals surface area contributed by atoms with Crippen molar-refractivity contribution in [2.75, 3.05) is 26.2 Å². The van der Waals surface area contributed by atoms with Gasteiger partial charge in [0.2, 0.25) is 5.91 Å². The summed E-state index contributed by atoms with van der Waals surface area (Å²) in [5.41, 5.74) is 1.20. The van der Waals surface area contributed by atoms with Crippen LogP contribution in [0.15, 0.2) is 24.5 Å². The van der Waals surface area contributed by atoms with Crippen LogP contribution in [0.4, 0.5) is 0 Å². The third-order valence-electron chi connectivity index (χ3n) is 5.58. The molecule has 0 unspecified atom stereocenters. The van der Waals surface area contributed by atoms with Crippen LogP contribution in [0, 0.1) is 5.92 Å². The zero-order valence-electron chi connectivity index (χ0n) is 13.9. The fraction of sp³-hybridized carbons (Fsp3) is 0.667. The second kappa shape index (κ2) is 6.78. The summed E-state index contributed by atoms with van der Waals surface area (Å²) in [4.78, 5) is 21.2. The second-order valence-electron chi connectivity index (χ2n) is 7.20. The number of ether oxygens (including phenoxy) is 1. The first-order valence-corrected chi connectivity index (χ1v) is 8.92. The molecule has 2 saturated heterocycles. The highest BCUT2D eigenvalue weighted by atomic mass is 16.5. The molecule has 0 radical (unpaired) electrons. The van der Waals surface area contributed by atoms with Crippen molar-refractivity contribution >= 4 is 5.91 Å². The molecule has 2 atom stereocenters. The number of carbonyl (C=O) groups excluding carboxylic acids is 1. The van der Waals surface area contributed by atoms with Crippen molar-refractivity contribution < 1.29 is 14.6 Å². The zero-order valence-corrected chi connectivity index (χ0v) is 13.9. The number of pyridine rings is 1. The van der Waals surface area contributed by atoms with Crippen LogP contribution < -0.4 is 0 Å². The highest BCUT2D eigenvalue weighted by Gasteiger charge is 2.42. The van der Waals surface area contributed by atoms with Gasteiger partial charge in [-0.25, -0.2) is 0 Å². The van der Waals surface area contributed by atoms with Crippen molar-refractivity contribution in [2.24, 2.45) is 5.92 Å². The molecule has 6 heteroatoms. The fourth-order valence-electron chi connectivity index (χ4n) is 4.11. The average molecular weight is 331 g/mol. The predicted molar refractivity (Wildman–Crippen MR) is 88.1 cm³/mol. The molecule has 0 bridgehead atoms. The van der Waals surface area contributed by atoms with Gasteiger partial charge in [0.25, 0.3) is 0 Å². The minimum atomic E-state index is -0.281. The molecule has 24 heavy (non-hydrogen) atoms. The minimum absolute atomic E-state index is 0.0211. The molecule has 0 aromatic carbocycles. The molecule has 1 aliphatic carbocycles. The summed E-state index contributed by atoms with van der Waals surface area (Å²) in [6, 6.07) is 4.31. The Hall–Kier alpha value is -1.50. The molecule has 1 N–H and O–H groups in total. The molecule has 0 spiro atoms. The summed E-state index contributed by atoms with van der Waals surface area (Å²) in [6.07, 6.45) is 5.78. The molecule has 1 aromatic heterocycles. The van der Waals surface area contributed by atoms with Gasteiger partial charge < -0.3 is 14.7 Å². The van der Waals surface area contributed by atoms with Gasteiger partial charge in [0.1, 0.15) is 0 Å². The number of aliphatic hydroxyl groups is 1. The molecule has 1 saturated carbocycles. The average Bonchev–Trinajstić information content (AvgIpc) is 2.59. The fourth-order valence-corrected chi connectivity index (χ4v) is 4.11. The van der Waals surface area contributed by atoms with E-state index in [4.69, 9.17) is 4.74 Å². The van der Waals surface area contributed by atoms with Gasteiger partial charge in [0.15, 0.2) is 0 Å². The number of piperidine rings is 1. The lowest BCUT2D eigenvalue weighted by molar-refractivity contribution is -0.153. The van der Waals surface area contributed by atoms with Crippen LogP contribution in [0.3, 0.4) is 0 Å². The Labute approximate surface area is 142 Å². The molecule has 2 aliphatic heterocycles. The van der Waals surface area contributed by atoms with Crippen molar-refractivity contribution in [3.05, 3.63) is 30.1 Å². The van der Waals surface area contributed by atoms with Gasteiger partial charge in [-0.15, -0.1) is 0 Å². The van der Waals surface area contributed by atoms with E-state index < -0.39 is 0 Å². The summed E-state index contributed by atoms with van der Waals surface area (Å²) in [7, 11) is 0. The van der Waals surface area contributed by atoms with Gasteiger partial charge in [0.05, 0.1) is 24.9 Å². The predicted octanol–water partition coefficient (Wildman–Crippen LogP) is 0.654. The van der Waals surface area contributed by atoms with Crippen molar-refractivity contribution in [1.29, 1.82) is 0 Å². The lowest BCUT2D eigenvalue weighted by atomic mass is 9.81. The minimum Gasteiger partial charge on any atom is -0.393 e. The van der Waals surface area contributed by atoms with Crippen LogP contribution in [0.1, 0.15) is 24.8 Å². The Morgan fingerprint density at radius 1 is 1.38 bits per heavy atom. The second-order valence-corrected chi connectivity index (χ2v) is 7.20. The number of amides is 1. The molecular weight excluding hydrogens is 306 g/mol. The van der Waals surface area contributed by atoms with Gasteiger partial charge >= 0.3 is 0 Å². The number of fused-ring (bicyclic) bond motifs is 1. The number of likely N-dealkylation sites (tertiary alicyclic amines) is 1. The van der Waals surface area contributed by atoms with E-state index in [1.165, 1.54) is 5.56 Å². The van der Waals surface area contributed by atoms with E-state index in [2.05, 4.69) is 16.0 Å². The first kappa shape index (κ1) is 16.0. The Kier molecular flexibility index (Phi) is 4.52. The number of hydrogen-bond acceptors (Lipinski definition) is 5. The maximum Gasteiger partial charge on any atom is 0.225 e. The number of morpholine rings is 1. The van der Waals surface area contributed by atoms with Gasteiger partial charge in [-0.05, 0) is 30.9 Å². The van der Waals surface area contributed by atoms with Crippen molar-refractivity contribution in [3.8, 4) is 0 Å². The normalized spacial score (nSPS) is 33.6. The van der Waals surface area contributed by atoms with Gasteiger partial charge in [-0.3, -0.25) is 14.7 Å². The highest BCUT2D eigenvalue weighted by Crippen LogP contribution is 2.31. The van der Waals surface area contributed by atoms with Crippen LogP contribution in [0.2, 0.25) is 0 Å². The Balaban J connectivity index is 1.42. The third-order valence-corrected chi connectivity index (χ3v) is 5.58. The van der Waals surface area contributed by atoms with Crippen LogP contribution in [0.25, 0.3) is 0 Å². The number of carbonyl (C=O) groups is 1. The van der Waals surface area contributed by atoms with Gasteiger partial charge in [-0.2, -0.15) is 0 Å². The summed E-state index contributed by atoms with van der Waals surface area (Å²) < 4.78 is 5.96. The van der Waals surface area contributed by atoms with E-state index in [1.54, 1.807) is 6.20 Å². The van der Waals surface area contributed by atoms with Crippen LogP contribution >= 0.6 is 0 Å². The van der Waals surface area contributed by atoms with Crippen LogP contribution in [-0.4, -0.2) is 70.3 Å². The van der Waals surface area contributed by atoms with Crippen LogP contribution in [0.5, 0.6) is 0 Å². The van der Waals surface area contributed by atoms with Crippen LogP contribution in [-0.2, 0) is 16.1 Å². The van der Waals surface area contributed by atoms with E-state index in [-0.39, 0.29) is 30.1 Å². The number of nitrogens with zero attached hydrogens (tertiary/aromatic N) is 3. The van der Waals surface area contributed by atoms with E-state index in [9.17, 15) is 9.90 Å². The molecule has 1 aromatic rings. The first-order chi connectivity index (χ1) is 11.7. The topological polar surface area (TPSA) is 65.9 Å². The lowest BCUT2D eigenvalue weighted by Crippen LogP contribution is -2.61. The molecule has 130 valence electrons. The molecule has 3 fully saturated rings. The maximum atomic E-state index is 12.6. The molecule has 3 aliphatic rings. The zero-order chi connectivity index (χ0) is 16.5. The van der Waals surface area contributed by atoms with Crippen molar-refractivity contribution in [3.63, 3.8) is 0 Å². The highest BCUT2D eigenvalue weighted by molar-refractivity contribution is 5.80. The van der Waals surface area contributed by atoms with E-state index in [0.29, 0.717) is 12.8 Å². The maximum absolute atomic E-state index is 12.6. The lowest BCUT2D eigenvalue weighted by Gasteiger charge is -2.48. The first-order valence-electron chi connectivity index (χ1n) is 8.92. The SMILES string of the molecule is O=C(C1CC(O)C1)N1CC[C@@H]2OCCN(Cc3cccnc3)[C@H]2C1. The van der Waals surface area contributed by atoms with Gasteiger partial charge in [-0.1, -0.05) is 6.07 Å². The van der Waals surface area contributed by atoms with Crippen molar-refractivity contribution in [2.45, 2.75) is 44.1 Å². The standard InChI is InChI=1S/C18H25N3O3/c22-15-8-14(9-15)18(23)21-5-3-17-16(12-21)20(6-7-24-17)11-13-2-1-4-19-10-13/h1-2,4,10,14-17,22H,3,5-9,11-12H2/t14?,15?,16-,17-/m0/s1. The van der Waals surface area contributed by atoms with E-state index >= 15 is 0 Å². The van der Waals surface area contributed by atoms with Crippen molar-refractivity contribution in [1.82, 2.24) is 14.8 Å². The Bertz CT molecular complexity index is 576. The van der Waals surface area contributed by atoms with E-state index in [0.717, 1.165) is 39.2 Å². The Morgan fingerprint density at radius 2 is 2.25 bits per heavy atom. The summed E-state index contributed by atoms with van der Waals surface area (Å²) >= 11 is 0. The Morgan fingerprint density at radius 3 is 3.00 bits per heavy atom. The monoisotopic (exact) mass is 331 g/mol. The smallest absolute Gasteiger partial charge is 0.225 e. The number of hydrogen-bond donors (Lipinski definition) is 1.